The van der Waals surface area contributed by atoms with Gasteiger partial charge in [0.1, 0.15) is 0 Å². The maximum atomic E-state index is 2.30. The zero-order valence-electron chi connectivity index (χ0n) is 7.99. The van der Waals surface area contributed by atoms with Crippen molar-refractivity contribution in [3.8, 4) is 0 Å². The topological polar surface area (TPSA) is 0 Å². The van der Waals surface area contributed by atoms with Gasteiger partial charge in [-0.1, -0.05) is 13.1 Å². The fourth-order valence-electron chi connectivity index (χ4n) is 0.861. The Morgan fingerprint density at radius 1 is 1.36 bits per heavy atom. The monoisotopic (exact) mass is 243 g/mol. The third-order valence-electron chi connectivity index (χ3n) is 1.52. The molecule has 0 unspecified atom stereocenters. The summed E-state index contributed by atoms with van der Waals surface area (Å²) >= 11 is 1.58. The third kappa shape index (κ3) is 4.92. The Hall–Kier alpha value is 0.580. The molecule has 1 aliphatic rings. The minimum atomic E-state index is 0.417. The average Bonchev–Trinajstić information content (AvgIpc) is 2.12. The molecule has 2 heteroatoms. The van der Waals surface area contributed by atoms with Gasteiger partial charge in [0.15, 0.2) is 0 Å². The quantitative estimate of drug-likeness (QED) is 0.574. The molecule has 0 saturated heterocycles. The first kappa shape index (κ1) is 11.6. The van der Waals surface area contributed by atoms with Crippen molar-refractivity contribution in [2.24, 2.45) is 0 Å². The van der Waals surface area contributed by atoms with Crippen LogP contribution in [0.5, 0.6) is 0 Å². The van der Waals surface area contributed by atoms with Crippen LogP contribution in [0.15, 0.2) is 20.5 Å². The Bertz CT molecular complexity index is 180. The van der Waals surface area contributed by atoms with Crippen LogP contribution in [0.2, 0.25) is 13.1 Å². The van der Waals surface area contributed by atoms with Crippen LogP contribution in [0.1, 0.15) is 20.3 Å². The Morgan fingerprint density at radius 3 is 1.91 bits per heavy atom. The molecular formula is C9H17SiZr. The maximum absolute atomic E-state index is 2.30. The van der Waals surface area contributed by atoms with E-state index >= 15 is 0 Å². The molecule has 0 bridgehead atoms. The van der Waals surface area contributed by atoms with Crippen LogP contribution in [0, 0.1) is 0 Å². The minimum absolute atomic E-state index is 0.417. The molecule has 0 atom stereocenters. The van der Waals surface area contributed by atoms with Gasteiger partial charge in [0.25, 0.3) is 0 Å². The Labute approximate surface area is 87.8 Å². The molecule has 0 fully saturated rings. The Morgan fingerprint density at radius 2 is 1.82 bits per heavy atom. The van der Waals surface area contributed by atoms with E-state index in [1.165, 1.54) is 12.0 Å². The summed E-state index contributed by atoms with van der Waals surface area (Å²) in [7, 11) is 0.417. The fraction of sp³-hybridized carbons (Fsp3) is 0.556. The van der Waals surface area contributed by atoms with Crippen molar-refractivity contribution in [2.75, 3.05) is 0 Å². The van der Waals surface area contributed by atoms with Gasteiger partial charge in [-0.25, -0.2) is 0 Å². The van der Waals surface area contributed by atoms with Crippen molar-refractivity contribution in [1.82, 2.24) is 0 Å². The molecule has 1 rings (SSSR count). The average molecular weight is 245 g/mol. The largest absolute Gasteiger partial charge is 0.0750 e. The van der Waals surface area contributed by atoms with Gasteiger partial charge in [-0.15, -0.1) is 0 Å². The summed E-state index contributed by atoms with van der Waals surface area (Å²) in [6, 6.07) is 0. The van der Waals surface area contributed by atoms with Crippen molar-refractivity contribution in [1.29, 1.82) is 0 Å². The van der Waals surface area contributed by atoms with Crippen LogP contribution in [-0.4, -0.2) is 9.52 Å². The van der Waals surface area contributed by atoms with Crippen LogP contribution in [-0.2, 0) is 24.7 Å². The molecule has 0 aliphatic heterocycles. The first-order valence-electron chi connectivity index (χ1n) is 4.20. The van der Waals surface area contributed by atoms with E-state index < -0.39 is 0 Å². The number of hydrogen-bond acceptors (Lipinski definition) is 0. The molecular weight excluding hydrogens is 227 g/mol. The first-order chi connectivity index (χ1) is 5.11. The maximum Gasteiger partial charge on any atom is 0.0135 e. The summed E-state index contributed by atoms with van der Waals surface area (Å²) < 4.78 is 1.59. The second-order valence-corrected chi connectivity index (χ2v) is 6.01. The molecule has 0 spiro atoms. The predicted molar refractivity (Wildman–Crippen MR) is 51.3 cm³/mol. The zero-order valence-corrected chi connectivity index (χ0v) is 11.9. The standard InChI is InChI=1S/C7H9.C2H8Si.Zr/c1-6-4-3-5-7(6)2;1-3-2;/h4H,5H2,1-2H3;3H2,1-2H3;. The molecule has 0 aromatic rings. The van der Waals surface area contributed by atoms with Gasteiger partial charge in [0.05, 0.1) is 0 Å². The summed E-state index contributed by atoms with van der Waals surface area (Å²) in [4.78, 5) is 0. The third-order valence-corrected chi connectivity index (χ3v) is 2.31. The fourth-order valence-corrected chi connectivity index (χ4v) is 2.04. The Balaban J connectivity index is 0.000000292. The zero-order chi connectivity index (χ0) is 8.85. The van der Waals surface area contributed by atoms with E-state index in [1.54, 1.807) is 33.6 Å². The van der Waals surface area contributed by atoms with Crippen LogP contribution >= 0.6 is 0 Å². The molecule has 0 saturated carbocycles. The van der Waals surface area contributed by atoms with Crippen molar-refractivity contribution in [3.05, 3.63) is 20.5 Å². The van der Waals surface area contributed by atoms with E-state index in [1.807, 2.05) is 0 Å². The number of hydrogen-bond donors (Lipinski definition) is 0. The van der Waals surface area contributed by atoms with Gasteiger partial charge in [-0.2, -0.15) is 0 Å². The molecule has 0 heterocycles. The van der Waals surface area contributed by atoms with Crippen LogP contribution in [0.25, 0.3) is 0 Å². The summed E-state index contributed by atoms with van der Waals surface area (Å²) in [6.07, 6.45) is 3.54. The number of rotatable bonds is 0. The van der Waals surface area contributed by atoms with Crippen molar-refractivity contribution in [2.45, 2.75) is 33.4 Å². The van der Waals surface area contributed by atoms with Crippen molar-refractivity contribution < 1.29 is 24.7 Å². The normalized spacial score (nSPS) is 15.7. The van der Waals surface area contributed by atoms with Crippen LogP contribution < -0.4 is 0 Å². The molecule has 1 aliphatic carbocycles. The summed E-state index contributed by atoms with van der Waals surface area (Å²) in [6.45, 7) is 8.93. The van der Waals surface area contributed by atoms with Gasteiger partial charge in [-0.05, 0) is 0 Å². The first-order valence-corrected chi connectivity index (χ1v) is 8.26. The molecule has 0 aromatic heterocycles. The summed E-state index contributed by atoms with van der Waals surface area (Å²) in [5.41, 5.74) is 3.04. The molecule has 0 aromatic carbocycles. The smallest absolute Gasteiger partial charge is 0.0135 e. The number of allylic oxidation sites excluding steroid dienone is 4. The molecule has 11 heavy (non-hydrogen) atoms. The second-order valence-electron chi connectivity index (χ2n) is 3.02. The molecule has 61 valence electrons. The van der Waals surface area contributed by atoms with E-state index in [2.05, 4.69) is 33.0 Å². The van der Waals surface area contributed by atoms with Crippen molar-refractivity contribution >= 4 is 9.52 Å². The van der Waals surface area contributed by atoms with Gasteiger partial charge in [0.2, 0.25) is 0 Å². The van der Waals surface area contributed by atoms with Gasteiger partial charge in [-0.3, -0.25) is 0 Å². The van der Waals surface area contributed by atoms with Crippen LogP contribution in [0.3, 0.4) is 0 Å². The Kier molecular flexibility index (Phi) is 6.46. The van der Waals surface area contributed by atoms with E-state index in [-0.39, 0.29) is 0 Å². The van der Waals surface area contributed by atoms with E-state index in [9.17, 15) is 0 Å². The molecule has 0 radical (unpaired) electrons. The molecule has 0 amide bonds. The summed E-state index contributed by atoms with van der Waals surface area (Å²) in [5, 5.41) is 0. The molecule has 0 nitrogen and oxygen atoms in total. The molecule has 0 N–H and O–H groups in total. The minimum Gasteiger partial charge on any atom is -0.0750 e. The van der Waals surface area contributed by atoms with E-state index in [4.69, 9.17) is 0 Å². The van der Waals surface area contributed by atoms with E-state index in [0.717, 1.165) is 0 Å². The van der Waals surface area contributed by atoms with Crippen LogP contribution in [0.4, 0.5) is 0 Å². The van der Waals surface area contributed by atoms with Gasteiger partial charge in [0, 0.05) is 9.52 Å². The van der Waals surface area contributed by atoms with Gasteiger partial charge >= 0.3 is 65.5 Å². The van der Waals surface area contributed by atoms with Crippen molar-refractivity contribution in [3.63, 3.8) is 0 Å². The predicted octanol–water partition coefficient (Wildman–Crippen LogP) is 2.41. The SMILES string of the molecule is CC1=C(C)C[C]([Zr])=C1.C[SiH2]C. The van der Waals surface area contributed by atoms with E-state index in [0.29, 0.717) is 9.52 Å². The summed E-state index contributed by atoms with van der Waals surface area (Å²) in [5.74, 6) is 0. The second kappa shape index (κ2) is 6.14. The van der Waals surface area contributed by atoms with Gasteiger partial charge < -0.3 is 0 Å².